The van der Waals surface area contributed by atoms with Gasteiger partial charge in [0, 0.05) is 25.9 Å². The molecule has 0 amide bonds. The fourth-order valence-corrected chi connectivity index (χ4v) is 4.51. The Labute approximate surface area is 172 Å². The standard InChI is InChI=1S/C22H20F3N5/c1-14-29-10-4-6-18(22(23,24)25)20(29)12-30(14)19-7-3-5-16-15(8-9-17(16)19)11-21-27-26-13-28(21)2/h3-7,10,12-13,15H,1,8-9,11H2,2H3. The molecule has 0 N–H and O–H groups in total. The smallest absolute Gasteiger partial charge is 0.321 e. The molecule has 1 aromatic heterocycles. The van der Waals surface area contributed by atoms with Gasteiger partial charge in [-0.25, -0.2) is 0 Å². The van der Waals surface area contributed by atoms with Crippen molar-refractivity contribution < 1.29 is 13.2 Å². The number of benzene rings is 1. The summed E-state index contributed by atoms with van der Waals surface area (Å²) in [6.45, 7) is 4.06. The van der Waals surface area contributed by atoms with E-state index in [1.54, 1.807) is 17.4 Å². The molecule has 30 heavy (non-hydrogen) atoms. The molecule has 154 valence electrons. The molecule has 5 rings (SSSR count). The number of anilines is 1. The van der Waals surface area contributed by atoms with Gasteiger partial charge in [0.15, 0.2) is 0 Å². The average Bonchev–Trinajstić information content (AvgIpc) is 3.40. The molecule has 0 saturated heterocycles. The minimum absolute atomic E-state index is 0.0984. The van der Waals surface area contributed by atoms with Crippen molar-refractivity contribution in [2.75, 3.05) is 4.90 Å². The lowest BCUT2D eigenvalue weighted by Crippen LogP contribution is -2.25. The van der Waals surface area contributed by atoms with Crippen LogP contribution in [0.25, 0.3) is 0 Å². The first kappa shape index (κ1) is 18.7. The maximum Gasteiger partial charge on any atom is 0.418 e. The van der Waals surface area contributed by atoms with Crippen molar-refractivity contribution in [3.63, 3.8) is 0 Å². The number of halogens is 3. The highest BCUT2D eigenvalue weighted by molar-refractivity contribution is 5.68. The zero-order chi connectivity index (χ0) is 21.0. The van der Waals surface area contributed by atoms with Crippen LogP contribution in [0, 0.1) is 0 Å². The molecule has 0 bridgehead atoms. The van der Waals surface area contributed by atoms with Gasteiger partial charge in [-0.1, -0.05) is 18.7 Å². The maximum atomic E-state index is 13.5. The van der Waals surface area contributed by atoms with E-state index in [0.29, 0.717) is 11.7 Å². The Kier molecular flexibility index (Phi) is 4.13. The van der Waals surface area contributed by atoms with Crippen LogP contribution in [0.4, 0.5) is 18.9 Å². The van der Waals surface area contributed by atoms with Crippen LogP contribution >= 0.6 is 0 Å². The van der Waals surface area contributed by atoms with Gasteiger partial charge in [0.25, 0.3) is 0 Å². The predicted octanol–water partition coefficient (Wildman–Crippen LogP) is 4.54. The van der Waals surface area contributed by atoms with E-state index in [0.717, 1.165) is 42.4 Å². The van der Waals surface area contributed by atoms with Crippen molar-refractivity contribution >= 4 is 5.69 Å². The van der Waals surface area contributed by atoms with Crippen molar-refractivity contribution in [3.05, 3.63) is 89.7 Å². The first-order chi connectivity index (χ1) is 14.3. The summed E-state index contributed by atoms with van der Waals surface area (Å²) in [6.07, 6.45) is 5.53. The molecule has 0 spiro atoms. The van der Waals surface area contributed by atoms with Crippen molar-refractivity contribution in [1.82, 2.24) is 19.7 Å². The first-order valence-corrected chi connectivity index (χ1v) is 9.74. The number of hydrogen-bond acceptors (Lipinski definition) is 4. The number of rotatable bonds is 3. The van der Waals surface area contributed by atoms with Crippen LogP contribution < -0.4 is 4.90 Å². The van der Waals surface area contributed by atoms with E-state index in [4.69, 9.17) is 0 Å². The molecule has 0 saturated carbocycles. The Hall–Kier alpha value is -3.29. The van der Waals surface area contributed by atoms with Crippen LogP contribution in [0.15, 0.2) is 72.7 Å². The molecule has 3 aliphatic rings. The van der Waals surface area contributed by atoms with Crippen molar-refractivity contribution in [1.29, 1.82) is 0 Å². The Morgan fingerprint density at radius 1 is 1.23 bits per heavy atom. The highest BCUT2D eigenvalue weighted by Gasteiger charge is 2.42. The third kappa shape index (κ3) is 2.86. The Bertz CT molecular complexity index is 1120. The zero-order valence-electron chi connectivity index (χ0n) is 16.4. The Morgan fingerprint density at radius 2 is 2.07 bits per heavy atom. The Morgan fingerprint density at radius 3 is 2.80 bits per heavy atom. The van der Waals surface area contributed by atoms with E-state index in [1.807, 2.05) is 23.7 Å². The summed E-state index contributed by atoms with van der Waals surface area (Å²) in [7, 11) is 1.93. The summed E-state index contributed by atoms with van der Waals surface area (Å²) >= 11 is 0. The van der Waals surface area contributed by atoms with E-state index in [-0.39, 0.29) is 5.70 Å². The quantitative estimate of drug-likeness (QED) is 0.743. The van der Waals surface area contributed by atoms with Crippen molar-refractivity contribution in [3.8, 4) is 0 Å². The molecule has 0 fully saturated rings. The number of nitrogens with zero attached hydrogens (tertiary/aromatic N) is 5. The number of fused-ring (bicyclic) bond motifs is 2. The predicted molar refractivity (Wildman–Crippen MR) is 107 cm³/mol. The fourth-order valence-electron chi connectivity index (χ4n) is 4.51. The third-order valence-corrected chi connectivity index (χ3v) is 6.01. The second-order valence-electron chi connectivity index (χ2n) is 7.73. The van der Waals surface area contributed by atoms with Crippen LogP contribution in [-0.2, 0) is 19.9 Å². The Balaban J connectivity index is 1.50. The summed E-state index contributed by atoms with van der Waals surface area (Å²) < 4.78 is 42.4. The van der Waals surface area contributed by atoms with Crippen molar-refractivity contribution in [2.45, 2.75) is 31.4 Å². The molecular formula is C22H20F3N5. The van der Waals surface area contributed by atoms with Crippen molar-refractivity contribution in [2.24, 2.45) is 7.05 Å². The van der Waals surface area contributed by atoms with Gasteiger partial charge < -0.3 is 14.4 Å². The van der Waals surface area contributed by atoms with E-state index in [1.165, 1.54) is 22.7 Å². The van der Waals surface area contributed by atoms with E-state index >= 15 is 0 Å². The minimum atomic E-state index is -4.43. The topological polar surface area (TPSA) is 37.2 Å². The van der Waals surface area contributed by atoms with Gasteiger partial charge in [0.05, 0.1) is 17.0 Å². The summed E-state index contributed by atoms with van der Waals surface area (Å²) in [4.78, 5) is 3.27. The first-order valence-electron chi connectivity index (χ1n) is 9.74. The lowest BCUT2D eigenvalue weighted by Gasteiger charge is -2.27. The van der Waals surface area contributed by atoms with Gasteiger partial charge in [-0.15, -0.1) is 10.2 Å². The summed E-state index contributed by atoms with van der Waals surface area (Å²) in [6, 6.07) is 6.01. The summed E-state index contributed by atoms with van der Waals surface area (Å²) in [5.74, 6) is 1.72. The largest absolute Gasteiger partial charge is 0.418 e. The number of aromatic nitrogens is 3. The molecule has 0 radical (unpaired) electrons. The second-order valence-corrected chi connectivity index (χ2v) is 7.73. The van der Waals surface area contributed by atoms with Crippen LogP contribution in [0.1, 0.15) is 29.3 Å². The molecule has 1 atom stereocenters. The highest BCUT2D eigenvalue weighted by Crippen LogP contribution is 2.46. The van der Waals surface area contributed by atoms with Gasteiger partial charge >= 0.3 is 6.18 Å². The summed E-state index contributed by atoms with van der Waals surface area (Å²) in [5.41, 5.74) is 2.69. The average molecular weight is 411 g/mol. The number of alkyl halides is 3. The zero-order valence-corrected chi connectivity index (χ0v) is 16.4. The summed E-state index contributed by atoms with van der Waals surface area (Å²) in [5, 5.41) is 8.15. The molecule has 3 heterocycles. The molecule has 1 aliphatic carbocycles. The van der Waals surface area contributed by atoms with Crippen LogP contribution in [-0.4, -0.2) is 25.8 Å². The van der Waals surface area contributed by atoms with E-state index in [2.05, 4.69) is 22.8 Å². The minimum Gasteiger partial charge on any atom is -0.321 e. The number of allylic oxidation sites excluding steroid dienone is 3. The molecular weight excluding hydrogens is 391 g/mol. The fraction of sp³-hybridized carbons (Fsp3) is 0.273. The molecule has 1 aromatic carbocycles. The third-order valence-electron chi connectivity index (χ3n) is 6.01. The highest BCUT2D eigenvalue weighted by atomic mass is 19.4. The normalized spacial score (nSPS) is 20.4. The molecule has 2 aliphatic heterocycles. The lowest BCUT2D eigenvalue weighted by atomic mass is 9.97. The van der Waals surface area contributed by atoms with Gasteiger partial charge in [0.2, 0.25) is 0 Å². The van der Waals surface area contributed by atoms with Gasteiger partial charge in [-0.05, 0) is 48.1 Å². The molecule has 1 unspecified atom stereocenters. The van der Waals surface area contributed by atoms with Gasteiger partial charge in [-0.3, -0.25) is 0 Å². The molecule has 2 aromatic rings. The van der Waals surface area contributed by atoms with Crippen LogP contribution in [0.2, 0.25) is 0 Å². The second kappa shape index (κ2) is 6.62. The lowest BCUT2D eigenvalue weighted by molar-refractivity contribution is -0.0908. The molecule has 8 heteroatoms. The van der Waals surface area contributed by atoms with Gasteiger partial charge in [0.1, 0.15) is 18.0 Å². The van der Waals surface area contributed by atoms with Crippen LogP contribution in [0.3, 0.4) is 0 Å². The van der Waals surface area contributed by atoms with E-state index < -0.39 is 11.7 Å². The van der Waals surface area contributed by atoms with Gasteiger partial charge in [-0.2, -0.15) is 13.2 Å². The monoisotopic (exact) mass is 411 g/mol. The number of hydrogen-bond donors (Lipinski definition) is 0. The van der Waals surface area contributed by atoms with E-state index in [9.17, 15) is 13.2 Å². The van der Waals surface area contributed by atoms with Crippen LogP contribution in [0.5, 0.6) is 0 Å². The number of aryl methyl sites for hydroxylation is 1. The molecule has 5 nitrogen and oxygen atoms in total. The SMILES string of the molecule is C=C1N2C=CC=C(C(F)(F)F)C2=CN1c1cccc2c1CCC2Cc1nncn1C. The maximum absolute atomic E-state index is 13.5.